The second-order valence-electron chi connectivity index (χ2n) is 9.53. The summed E-state index contributed by atoms with van der Waals surface area (Å²) in [5, 5.41) is 2.91. The Labute approximate surface area is 195 Å². The van der Waals surface area contributed by atoms with Crippen molar-refractivity contribution in [1.82, 2.24) is 9.88 Å². The van der Waals surface area contributed by atoms with Gasteiger partial charge in [0, 0.05) is 30.4 Å². The van der Waals surface area contributed by atoms with Gasteiger partial charge in [-0.25, -0.2) is 9.37 Å². The number of allylic oxidation sites excluding steroid dienone is 2. The number of benzene rings is 1. The first-order chi connectivity index (χ1) is 15.8. The minimum Gasteiger partial charge on any atom is -0.376 e. The van der Waals surface area contributed by atoms with Crippen LogP contribution in [-0.2, 0) is 10.2 Å². The van der Waals surface area contributed by atoms with Crippen molar-refractivity contribution in [2.75, 3.05) is 18.9 Å². The highest BCUT2D eigenvalue weighted by Crippen LogP contribution is 2.55. The highest BCUT2D eigenvalue weighted by molar-refractivity contribution is 5.95. The number of anilines is 1. The maximum absolute atomic E-state index is 13.6. The van der Waals surface area contributed by atoms with Gasteiger partial charge < -0.3 is 10.2 Å². The van der Waals surface area contributed by atoms with E-state index in [1.165, 1.54) is 17.0 Å². The van der Waals surface area contributed by atoms with Crippen molar-refractivity contribution in [2.24, 2.45) is 10.9 Å². The lowest BCUT2D eigenvalue weighted by atomic mass is 9.91. The molecule has 1 aromatic heterocycles. The van der Waals surface area contributed by atoms with Crippen LogP contribution in [0.2, 0.25) is 0 Å². The second kappa shape index (κ2) is 9.46. The van der Waals surface area contributed by atoms with Crippen LogP contribution in [0, 0.1) is 18.7 Å². The summed E-state index contributed by atoms with van der Waals surface area (Å²) >= 11 is 0. The number of aliphatic imine (C=N–C) groups is 1. The van der Waals surface area contributed by atoms with Gasteiger partial charge in [-0.15, -0.1) is 0 Å². The summed E-state index contributed by atoms with van der Waals surface area (Å²) in [5.41, 5.74) is 4.87. The lowest BCUT2D eigenvalue weighted by Gasteiger charge is -2.30. The van der Waals surface area contributed by atoms with Crippen LogP contribution in [0.15, 0.2) is 59.0 Å². The number of likely N-dealkylation sites (N-methyl/N-ethyl adjacent to an activating group) is 1. The topological polar surface area (TPSA) is 57.6 Å². The number of pyridine rings is 1. The molecule has 1 amide bonds. The molecule has 6 heteroatoms. The Hall–Kier alpha value is -3.02. The highest BCUT2D eigenvalue weighted by Gasteiger charge is 2.59. The molecule has 174 valence electrons. The summed E-state index contributed by atoms with van der Waals surface area (Å²) in [5.74, 6) is -0.220. The number of hydrogen-bond donors (Lipinski definition) is 1. The van der Waals surface area contributed by atoms with E-state index in [4.69, 9.17) is 4.99 Å². The Bertz CT molecular complexity index is 1090. The molecule has 0 bridgehead atoms. The van der Waals surface area contributed by atoms with Crippen molar-refractivity contribution < 1.29 is 9.18 Å². The third kappa shape index (κ3) is 5.00. The van der Waals surface area contributed by atoms with E-state index >= 15 is 0 Å². The summed E-state index contributed by atoms with van der Waals surface area (Å²) in [6.07, 6.45) is 6.27. The van der Waals surface area contributed by atoms with Crippen molar-refractivity contribution >= 4 is 17.4 Å². The van der Waals surface area contributed by atoms with Crippen LogP contribution in [-0.4, -0.2) is 35.1 Å². The van der Waals surface area contributed by atoms with Gasteiger partial charge in [0.05, 0.1) is 17.8 Å². The average Bonchev–Trinajstić information content (AvgIpc) is 3.51. The number of rotatable bonds is 6. The monoisotopic (exact) mass is 448 g/mol. The zero-order valence-electron chi connectivity index (χ0n) is 20.0. The fourth-order valence-electron chi connectivity index (χ4n) is 5.07. The molecule has 0 radical (unpaired) electrons. The van der Waals surface area contributed by atoms with Gasteiger partial charge in [0.25, 0.3) is 0 Å². The van der Waals surface area contributed by atoms with E-state index in [0.717, 1.165) is 50.5 Å². The first-order valence-electron chi connectivity index (χ1n) is 11.7. The van der Waals surface area contributed by atoms with Gasteiger partial charge in [-0.05, 0) is 70.1 Å². The average molecular weight is 449 g/mol. The summed E-state index contributed by atoms with van der Waals surface area (Å²) in [7, 11) is 2.12. The number of nitrogens with one attached hydrogen (secondary N) is 1. The predicted octanol–water partition coefficient (Wildman–Crippen LogP) is 5.62. The smallest absolute Gasteiger partial charge is 0.229 e. The van der Waals surface area contributed by atoms with Gasteiger partial charge in [-0.3, -0.25) is 9.79 Å². The van der Waals surface area contributed by atoms with Crippen molar-refractivity contribution in [3.05, 3.63) is 70.9 Å². The molecule has 2 aliphatic rings. The van der Waals surface area contributed by atoms with Crippen LogP contribution in [0.25, 0.3) is 0 Å². The van der Waals surface area contributed by atoms with Crippen molar-refractivity contribution in [3.8, 4) is 0 Å². The Morgan fingerprint density at radius 2 is 1.91 bits per heavy atom. The maximum atomic E-state index is 13.6. The molecule has 2 aromatic rings. The molecule has 1 aliphatic heterocycles. The zero-order valence-corrected chi connectivity index (χ0v) is 20.0. The Balaban J connectivity index is 1.58. The number of nitrogens with zero attached hydrogens (tertiary/aromatic N) is 3. The lowest BCUT2D eigenvalue weighted by molar-refractivity contribution is -0.117. The predicted molar refractivity (Wildman–Crippen MR) is 131 cm³/mol. The molecule has 1 N–H and O–H groups in total. The molecular weight excluding hydrogens is 415 g/mol. The van der Waals surface area contributed by atoms with Crippen LogP contribution in [0.3, 0.4) is 0 Å². The molecule has 1 aromatic carbocycles. The number of carbonyl (C=O) groups is 1. The van der Waals surface area contributed by atoms with Crippen LogP contribution in [0.5, 0.6) is 0 Å². The van der Waals surface area contributed by atoms with Gasteiger partial charge in [-0.1, -0.05) is 30.3 Å². The summed E-state index contributed by atoms with van der Waals surface area (Å²) in [6.45, 7) is 6.61. The molecule has 1 saturated carbocycles. The molecular formula is C27H33FN4O. The van der Waals surface area contributed by atoms with E-state index in [2.05, 4.69) is 48.2 Å². The maximum Gasteiger partial charge on any atom is 0.229 e. The first-order valence-corrected chi connectivity index (χ1v) is 11.7. The fraction of sp³-hybridized carbons (Fsp3) is 0.444. The van der Waals surface area contributed by atoms with Crippen LogP contribution in [0.1, 0.15) is 57.1 Å². The largest absolute Gasteiger partial charge is 0.376 e. The normalized spacial score (nSPS) is 22.8. The number of carbonyl (C=O) groups excluding carboxylic acids is 1. The van der Waals surface area contributed by atoms with Gasteiger partial charge >= 0.3 is 0 Å². The molecule has 1 fully saturated rings. The van der Waals surface area contributed by atoms with Crippen LogP contribution >= 0.6 is 0 Å². The third-order valence-electron chi connectivity index (χ3n) is 7.00. The summed E-state index contributed by atoms with van der Waals surface area (Å²) in [6, 6.07) is 11.9. The fourth-order valence-corrected chi connectivity index (χ4v) is 5.07. The molecule has 4 rings (SSSR count). The zero-order chi connectivity index (χ0) is 23.6. The van der Waals surface area contributed by atoms with Gasteiger partial charge in [0.1, 0.15) is 11.6 Å². The van der Waals surface area contributed by atoms with Gasteiger partial charge in [0.15, 0.2) is 0 Å². The molecule has 5 nitrogen and oxygen atoms in total. The number of aryl methyl sites for hydroxylation is 1. The van der Waals surface area contributed by atoms with Crippen molar-refractivity contribution in [1.29, 1.82) is 0 Å². The second-order valence-corrected chi connectivity index (χ2v) is 9.53. The molecule has 1 aliphatic carbocycles. The molecule has 2 heterocycles. The minimum absolute atomic E-state index is 0.0667. The number of amides is 1. The highest BCUT2D eigenvalue weighted by atomic mass is 19.1. The minimum atomic E-state index is -0.375. The molecule has 0 unspecified atom stereocenters. The van der Waals surface area contributed by atoms with E-state index in [-0.39, 0.29) is 23.1 Å². The number of halogens is 1. The molecule has 0 saturated heterocycles. The van der Waals surface area contributed by atoms with E-state index in [9.17, 15) is 9.18 Å². The summed E-state index contributed by atoms with van der Waals surface area (Å²) in [4.78, 5) is 24.4. The van der Waals surface area contributed by atoms with Crippen molar-refractivity contribution in [2.45, 2.75) is 58.3 Å². The van der Waals surface area contributed by atoms with E-state index in [0.29, 0.717) is 11.4 Å². The van der Waals surface area contributed by atoms with E-state index in [1.807, 2.05) is 18.2 Å². The van der Waals surface area contributed by atoms with Gasteiger partial charge in [0.2, 0.25) is 5.91 Å². The molecule has 33 heavy (non-hydrogen) atoms. The van der Waals surface area contributed by atoms with E-state index in [1.54, 1.807) is 13.0 Å². The van der Waals surface area contributed by atoms with Crippen molar-refractivity contribution in [3.63, 3.8) is 0 Å². The first kappa shape index (κ1) is 23.1. The van der Waals surface area contributed by atoms with Crippen LogP contribution in [0.4, 0.5) is 10.2 Å². The SMILES string of the molecule is CC1=NC(C)=C(N(C)C[C@@]2(c3ccccc3)C[C@H]2C(=O)Nc2cc(C)c(F)cn2)CCCC1. The van der Waals surface area contributed by atoms with Crippen LogP contribution < -0.4 is 5.32 Å². The number of hydrogen-bond acceptors (Lipinski definition) is 4. The molecule has 0 spiro atoms. The Kier molecular flexibility index (Phi) is 6.63. The third-order valence-corrected chi connectivity index (χ3v) is 7.00. The van der Waals surface area contributed by atoms with Gasteiger partial charge in [-0.2, -0.15) is 0 Å². The quantitative estimate of drug-likeness (QED) is 0.624. The molecule has 2 atom stereocenters. The standard InChI is InChI=1S/C27H33FN4O/c1-18-14-25(29-16-23(18)28)31-26(33)22-15-27(22,21-11-6-5-7-12-21)17-32(4)24-13-9-8-10-19(2)30-20(24)3/h5-7,11-12,14,16,22H,8-10,13,15,17H2,1-4H3,(H,29,31,33)/t22-,27+/m0/s1. The summed E-state index contributed by atoms with van der Waals surface area (Å²) < 4.78 is 13.6. The van der Waals surface area contributed by atoms with E-state index < -0.39 is 0 Å². The Morgan fingerprint density at radius 1 is 1.18 bits per heavy atom. The number of aromatic nitrogens is 1. The Morgan fingerprint density at radius 3 is 2.64 bits per heavy atom. The lowest BCUT2D eigenvalue weighted by Crippen LogP contribution is -2.33.